The predicted octanol–water partition coefficient (Wildman–Crippen LogP) is 2.70. The van der Waals surface area contributed by atoms with Gasteiger partial charge in [0.05, 0.1) is 31.3 Å². The Morgan fingerprint density at radius 1 is 1.21 bits per heavy atom. The quantitative estimate of drug-likeness (QED) is 0.377. The van der Waals surface area contributed by atoms with Crippen LogP contribution in [0, 0.1) is 0 Å². The molecule has 4 rings (SSSR count). The third-order valence-corrected chi connectivity index (χ3v) is 6.06. The van der Waals surface area contributed by atoms with Crippen LogP contribution in [0.4, 0.5) is 5.82 Å². The second kappa shape index (κ2) is 10.8. The van der Waals surface area contributed by atoms with Crippen LogP contribution in [0.3, 0.4) is 0 Å². The Kier molecular flexibility index (Phi) is 7.66. The van der Waals surface area contributed by atoms with Crippen LogP contribution < -0.4 is 15.0 Å². The average molecular weight is 471 g/mol. The number of hydrogen-bond donors (Lipinski definition) is 1. The van der Waals surface area contributed by atoms with E-state index in [1.54, 1.807) is 6.20 Å². The molecular formula is C23H30N6O3S. The van der Waals surface area contributed by atoms with Gasteiger partial charge in [0.2, 0.25) is 0 Å². The normalized spacial score (nSPS) is 14.1. The Balaban J connectivity index is 1.34. The van der Waals surface area contributed by atoms with Crippen molar-refractivity contribution in [3.63, 3.8) is 0 Å². The first-order chi connectivity index (χ1) is 16.0. The topological polar surface area (TPSA) is 94.4 Å². The number of nitrogens with one attached hydrogen (secondary N) is 1. The minimum absolute atomic E-state index is 0.0269. The molecule has 1 fully saturated rings. The molecule has 1 aromatic carbocycles. The van der Waals surface area contributed by atoms with E-state index >= 15 is 0 Å². The molecule has 2 aromatic heterocycles. The number of carbonyl (C=O) groups is 1. The fraction of sp³-hybridized carbons (Fsp3) is 0.478. The second-order valence-electron chi connectivity index (χ2n) is 8.10. The van der Waals surface area contributed by atoms with Gasteiger partial charge in [0.1, 0.15) is 11.6 Å². The van der Waals surface area contributed by atoms with Crippen molar-refractivity contribution in [1.29, 1.82) is 0 Å². The number of rotatable bonds is 9. The van der Waals surface area contributed by atoms with Crippen LogP contribution in [0.15, 0.2) is 35.6 Å². The zero-order chi connectivity index (χ0) is 23.2. The third kappa shape index (κ3) is 5.75. The Labute approximate surface area is 197 Å². The number of ether oxygens (including phenoxy) is 2. The Morgan fingerprint density at radius 2 is 1.97 bits per heavy atom. The minimum Gasteiger partial charge on any atom is -0.484 e. The average Bonchev–Trinajstić information content (AvgIpc) is 3.25. The van der Waals surface area contributed by atoms with Crippen LogP contribution in [0.1, 0.15) is 25.3 Å². The number of thioether (sulfide) groups is 1. The largest absolute Gasteiger partial charge is 0.484 e. The number of anilines is 1. The monoisotopic (exact) mass is 470 g/mol. The maximum Gasteiger partial charge on any atom is 0.258 e. The van der Waals surface area contributed by atoms with Gasteiger partial charge in [-0.2, -0.15) is 5.10 Å². The lowest BCUT2D eigenvalue weighted by Crippen LogP contribution is -2.37. The molecule has 0 saturated carbocycles. The van der Waals surface area contributed by atoms with Crippen molar-refractivity contribution in [2.75, 3.05) is 50.6 Å². The molecule has 0 bridgehead atoms. The Morgan fingerprint density at radius 3 is 2.67 bits per heavy atom. The number of aromatic nitrogens is 4. The molecule has 1 aliphatic heterocycles. The van der Waals surface area contributed by atoms with Crippen molar-refractivity contribution < 1.29 is 14.3 Å². The summed E-state index contributed by atoms with van der Waals surface area (Å²) in [5.74, 6) is 1.86. The van der Waals surface area contributed by atoms with Gasteiger partial charge < -0.3 is 19.7 Å². The van der Waals surface area contributed by atoms with Crippen LogP contribution in [0.25, 0.3) is 11.0 Å². The SMILES string of the molecule is CSc1nc(N2CCOCC2)c2cnn(CCNC(=O)COc3ccc(C(C)C)cc3)c2n1. The Bertz CT molecular complexity index is 1080. The zero-order valence-electron chi connectivity index (χ0n) is 19.3. The van der Waals surface area contributed by atoms with Crippen LogP contribution in [0.2, 0.25) is 0 Å². The molecule has 176 valence electrons. The van der Waals surface area contributed by atoms with E-state index in [9.17, 15) is 4.79 Å². The van der Waals surface area contributed by atoms with E-state index in [1.165, 1.54) is 17.3 Å². The van der Waals surface area contributed by atoms with Gasteiger partial charge in [-0.25, -0.2) is 14.6 Å². The summed E-state index contributed by atoms with van der Waals surface area (Å²) < 4.78 is 12.9. The van der Waals surface area contributed by atoms with Gasteiger partial charge in [0, 0.05) is 19.6 Å². The molecule has 0 radical (unpaired) electrons. The molecule has 33 heavy (non-hydrogen) atoms. The molecule has 3 heterocycles. The van der Waals surface area contributed by atoms with Crippen LogP contribution in [0.5, 0.6) is 5.75 Å². The first kappa shape index (κ1) is 23.3. The first-order valence-corrected chi connectivity index (χ1v) is 12.4. The van der Waals surface area contributed by atoms with E-state index in [2.05, 4.69) is 34.1 Å². The molecule has 9 nitrogen and oxygen atoms in total. The van der Waals surface area contributed by atoms with Gasteiger partial charge in [0.25, 0.3) is 5.91 Å². The number of carbonyl (C=O) groups excluding carboxylic acids is 1. The summed E-state index contributed by atoms with van der Waals surface area (Å²) in [6, 6.07) is 7.84. The maximum atomic E-state index is 12.2. The van der Waals surface area contributed by atoms with Gasteiger partial charge in [0.15, 0.2) is 17.4 Å². The summed E-state index contributed by atoms with van der Waals surface area (Å²) in [7, 11) is 0. The van der Waals surface area contributed by atoms with E-state index in [1.807, 2.05) is 35.2 Å². The lowest BCUT2D eigenvalue weighted by atomic mass is 10.0. The van der Waals surface area contributed by atoms with Crippen LogP contribution in [-0.4, -0.2) is 71.4 Å². The van der Waals surface area contributed by atoms with Gasteiger partial charge in [-0.05, 0) is 29.9 Å². The smallest absolute Gasteiger partial charge is 0.258 e. The van der Waals surface area contributed by atoms with Gasteiger partial charge in [-0.15, -0.1) is 0 Å². The minimum atomic E-state index is -0.173. The van der Waals surface area contributed by atoms with Crippen molar-refractivity contribution in [3.8, 4) is 5.75 Å². The molecule has 1 aliphatic rings. The summed E-state index contributed by atoms with van der Waals surface area (Å²) in [4.78, 5) is 23.8. The van der Waals surface area contributed by atoms with Crippen molar-refractivity contribution >= 4 is 34.5 Å². The van der Waals surface area contributed by atoms with E-state index in [0.29, 0.717) is 43.1 Å². The summed E-state index contributed by atoms with van der Waals surface area (Å²) in [6.45, 7) is 8.15. The van der Waals surface area contributed by atoms with Gasteiger partial charge in [-0.1, -0.05) is 37.7 Å². The predicted molar refractivity (Wildman–Crippen MR) is 129 cm³/mol. The number of fused-ring (bicyclic) bond motifs is 1. The highest BCUT2D eigenvalue weighted by Gasteiger charge is 2.20. The van der Waals surface area contributed by atoms with Crippen molar-refractivity contribution in [3.05, 3.63) is 36.0 Å². The molecule has 3 aromatic rings. The standard InChI is InChI=1S/C23H30N6O3S/c1-16(2)17-4-6-18(7-5-17)32-15-20(30)24-8-9-29-22-19(14-25-29)21(26-23(27-22)33-3)28-10-12-31-13-11-28/h4-7,14,16H,8-13,15H2,1-3H3,(H,24,30). The number of morpholine rings is 1. The van der Waals surface area contributed by atoms with Crippen LogP contribution >= 0.6 is 11.8 Å². The fourth-order valence-electron chi connectivity index (χ4n) is 3.64. The number of benzene rings is 1. The lowest BCUT2D eigenvalue weighted by molar-refractivity contribution is -0.123. The van der Waals surface area contributed by atoms with Crippen molar-refractivity contribution in [2.45, 2.75) is 31.5 Å². The summed E-state index contributed by atoms with van der Waals surface area (Å²) in [5, 5.41) is 9.01. The molecule has 0 atom stereocenters. The summed E-state index contributed by atoms with van der Waals surface area (Å²) >= 11 is 1.50. The number of amides is 1. The molecule has 10 heteroatoms. The molecule has 0 unspecified atom stereocenters. The second-order valence-corrected chi connectivity index (χ2v) is 8.87. The molecule has 0 spiro atoms. The first-order valence-electron chi connectivity index (χ1n) is 11.1. The van der Waals surface area contributed by atoms with E-state index in [0.717, 1.165) is 29.9 Å². The number of hydrogen-bond acceptors (Lipinski definition) is 8. The molecule has 0 aliphatic carbocycles. The van der Waals surface area contributed by atoms with Crippen molar-refractivity contribution in [1.82, 2.24) is 25.1 Å². The maximum absolute atomic E-state index is 12.2. The molecule has 1 saturated heterocycles. The van der Waals surface area contributed by atoms with E-state index in [-0.39, 0.29) is 12.5 Å². The van der Waals surface area contributed by atoms with E-state index in [4.69, 9.17) is 14.5 Å². The van der Waals surface area contributed by atoms with Crippen LogP contribution in [-0.2, 0) is 16.1 Å². The molecule has 1 N–H and O–H groups in total. The molecule has 1 amide bonds. The Hall–Kier alpha value is -2.85. The fourth-order valence-corrected chi connectivity index (χ4v) is 4.00. The highest BCUT2D eigenvalue weighted by molar-refractivity contribution is 7.98. The lowest BCUT2D eigenvalue weighted by Gasteiger charge is -2.28. The summed E-state index contributed by atoms with van der Waals surface area (Å²) in [5.41, 5.74) is 2.01. The van der Waals surface area contributed by atoms with Crippen molar-refractivity contribution in [2.24, 2.45) is 0 Å². The number of nitrogens with zero attached hydrogens (tertiary/aromatic N) is 5. The van der Waals surface area contributed by atoms with Gasteiger partial charge in [-0.3, -0.25) is 4.79 Å². The highest BCUT2D eigenvalue weighted by Crippen LogP contribution is 2.27. The van der Waals surface area contributed by atoms with E-state index < -0.39 is 0 Å². The zero-order valence-corrected chi connectivity index (χ0v) is 20.1. The third-order valence-electron chi connectivity index (χ3n) is 5.51. The highest BCUT2D eigenvalue weighted by atomic mass is 32.2. The van der Waals surface area contributed by atoms with Gasteiger partial charge >= 0.3 is 0 Å². The molecular weight excluding hydrogens is 440 g/mol. The summed E-state index contributed by atoms with van der Waals surface area (Å²) in [6.07, 6.45) is 3.76.